The van der Waals surface area contributed by atoms with Gasteiger partial charge in [0.25, 0.3) is 0 Å². The zero-order valence-corrected chi connectivity index (χ0v) is 10.8. The van der Waals surface area contributed by atoms with Crippen LogP contribution in [0.2, 0.25) is 0 Å². The van der Waals surface area contributed by atoms with Crippen molar-refractivity contribution in [1.29, 1.82) is 0 Å². The molecule has 88 valence electrons. The number of carbonyl (C=O) groups is 1. The molecule has 0 spiro atoms. The van der Waals surface area contributed by atoms with E-state index in [1.54, 1.807) is 6.07 Å². The van der Waals surface area contributed by atoms with Crippen molar-refractivity contribution in [2.75, 3.05) is 6.54 Å². The fraction of sp³-hybridized carbons (Fsp3) is 0.417. The molecule has 4 heteroatoms. The number of carbonyl (C=O) groups excluding carboxylic acids is 1. The highest BCUT2D eigenvalue weighted by Crippen LogP contribution is 2.17. The van der Waals surface area contributed by atoms with Crippen LogP contribution in [0.1, 0.15) is 18.9 Å². The van der Waals surface area contributed by atoms with E-state index in [-0.39, 0.29) is 23.9 Å². The number of rotatable bonds is 5. The number of Topliss-reactive ketones (excluding diaryl/α,β-unsaturated/α-hetero) is 1. The SMILES string of the molecule is CCC(CN)C(=O)Cc1cc(F)cc(Br)c1. The Labute approximate surface area is 103 Å². The van der Waals surface area contributed by atoms with Gasteiger partial charge in [-0.15, -0.1) is 0 Å². The Balaban J connectivity index is 2.76. The molecule has 2 N–H and O–H groups in total. The van der Waals surface area contributed by atoms with Crippen LogP contribution in [0.5, 0.6) is 0 Å². The van der Waals surface area contributed by atoms with Crippen LogP contribution in [-0.2, 0) is 11.2 Å². The van der Waals surface area contributed by atoms with Gasteiger partial charge in [0.05, 0.1) is 0 Å². The maximum absolute atomic E-state index is 13.1. The molecule has 2 nitrogen and oxygen atoms in total. The lowest BCUT2D eigenvalue weighted by Crippen LogP contribution is -2.24. The maximum Gasteiger partial charge on any atom is 0.141 e. The van der Waals surface area contributed by atoms with E-state index in [2.05, 4.69) is 15.9 Å². The van der Waals surface area contributed by atoms with E-state index < -0.39 is 0 Å². The normalized spacial score (nSPS) is 12.5. The number of benzene rings is 1. The number of halogens is 2. The molecule has 0 heterocycles. The molecule has 0 amide bonds. The lowest BCUT2D eigenvalue weighted by atomic mass is 9.96. The zero-order valence-electron chi connectivity index (χ0n) is 9.17. The Morgan fingerprint density at radius 3 is 2.69 bits per heavy atom. The second kappa shape index (κ2) is 6.11. The summed E-state index contributed by atoms with van der Waals surface area (Å²) in [6.45, 7) is 2.28. The minimum Gasteiger partial charge on any atom is -0.330 e. The predicted molar refractivity (Wildman–Crippen MR) is 65.6 cm³/mol. The Morgan fingerprint density at radius 1 is 1.50 bits per heavy atom. The number of nitrogens with two attached hydrogens (primary N) is 1. The quantitative estimate of drug-likeness (QED) is 0.905. The van der Waals surface area contributed by atoms with Crippen LogP contribution >= 0.6 is 15.9 Å². The van der Waals surface area contributed by atoms with Gasteiger partial charge in [0.15, 0.2) is 0 Å². The van der Waals surface area contributed by atoms with Gasteiger partial charge in [-0.1, -0.05) is 22.9 Å². The molecule has 0 saturated heterocycles. The molecule has 0 aromatic heterocycles. The lowest BCUT2D eigenvalue weighted by Gasteiger charge is -2.10. The van der Waals surface area contributed by atoms with E-state index in [9.17, 15) is 9.18 Å². The summed E-state index contributed by atoms with van der Waals surface area (Å²) in [6.07, 6.45) is 0.970. The molecule has 0 aliphatic rings. The smallest absolute Gasteiger partial charge is 0.141 e. The van der Waals surface area contributed by atoms with Gasteiger partial charge in [-0.2, -0.15) is 0 Å². The van der Waals surface area contributed by atoms with Crippen LogP contribution in [-0.4, -0.2) is 12.3 Å². The van der Waals surface area contributed by atoms with E-state index in [1.807, 2.05) is 6.92 Å². The van der Waals surface area contributed by atoms with Crippen molar-refractivity contribution in [2.45, 2.75) is 19.8 Å². The van der Waals surface area contributed by atoms with Crippen molar-refractivity contribution in [3.8, 4) is 0 Å². The molecule has 1 rings (SSSR count). The number of hydrogen-bond acceptors (Lipinski definition) is 2. The highest BCUT2D eigenvalue weighted by Gasteiger charge is 2.15. The molecule has 0 radical (unpaired) electrons. The van der Waals surface area contributed by atoms with Crippen LogP contribution in [0.25, 0.3) is 0 Å². The Hall–Kier alpha value is -0.740. The van der Waals surface area contributed by atoms with E-state index >= 15 is 0 Å². The van der Waals surface area contributed by atoms with E-state index in [4.69, 9.17) is 5.73 Å². The topological polar surface area (TPSA) is 43.1 Å². The molecule has 0 bridgehead atoms. The molecule has 1 atom stereocenters. The van der Waals surface area contributed by atoms with E-state index in [0.717, 1.165) is 6.42 Å². The van der Waals surface area contributed by atoms with Gasteiger partial charge < -0.3 is 5.73 Å². The number of hydrogen-bond donors (Lipinski definition) is 1. The van der Waals surface area contributed by atoms with Crippen molar-refractivity contribution >= 4 is 21.7 Å². The molecule has 1 aromatic rings. The Morgan fingerprint density at radius 2 is 2.19 bits per heavy atom. The maximum atomic E-state index is 13.1. The van der Waals surface area contributed by atoms with Crippen LogP contribution in [0.15, 0.2) is 22.7 Å². The van der Waals surface area contributed by atoms with Gasteiger partial charge in [0, 0.05) is 23.4 Å². The molecule has 1 aromatic carbocycles. The average molecular weight is 288 g/mol. The lowest BCUT2D eigenvalue weighted by molar-refractivity contribution is -0.122. The Bertz CT molecular complexity index is 357. The Kier molecular flexibility index (Phi) is 5.09. The second-order valence-electron chi connectivity index (χ2n) is 3.76. The molecular weight excluding hydrogens is 273 g/mol. The fourth-order valence-corrected chi connectivity index (χ4v) is 2.10. The zero-order chi connectivity index (χ0) is 12.1. The van der Waals surface area contributed by atoms with Crippen molar-refractivity contribution in [3.05, 3.63) is 34.1 Å². The van der Waals surface area contributed by atoms with Crippen molar-refractivity contribution in [3.63, 3.8) is 0 Å². The molecule has 0 aliphatic carbocycles. The van der Waals surface area contributed by atoms with Crippen LogP contribution < -0.4 is 5.73 Å². The summed E-state index contributed by atoms with van der Waals surface area (Å²) in [5.41, 5.74) is 6.18. The van der Waals surface area contributed by atoms with Crippen molar-refractivity contribution in [2.24, 2.45) is 11.7 Å². The fourth-order valence-electron chi connectivity index (χ4n) is 1.58. The third kappa shape index (κ3) is 3.68. The first kappa shape index (κ1) is 13.3. The third-order valence-corrected chi connectivity index (χ3v) is 2.99. The van der Waals surface area contributed by atoms with E-state index in [1.165, 1.54) is 12.1 Å². The van der Waals surface area contributed by atoms with Gasteiger partial charge in [-0.3, -0.25) is 4.79 Å². The van der Waals surface area contributed by atoms with Gasteiger partial charge in [0.1, 0.15) is 11.6 Å². The van der Waals surface area contributed by atoms with Crippen molar-refractivity contribution in [1.82, 2.24) is 0 Å². The summed E-state index contributed by atoms with van der Waals surface area (Å²) in [4.78, 5) is 11.8. The molecular formula is C12H15BrFNO. The summed E-state index contributed by atoms with van der Waals surface area (Å²) >= 11 is 3.20. The van der Waals surface area contributed by atoms with Gasteiger partial charge in [0.2, 0.25) is 0 Å². The van der Waals surface area contributed by atoms with Crippen LogP contribution in [0.3, 0.4) is 0 Å². The summed E-state index contributed by atoms with van der Waals surface area (Å²) in [6, 6.07) is 4.50. The first-order valence-corrected chi connectivity index (χ1v) is 6.03. The summed E-state index contributed by atoms with van der Waals surface area (Å²) in [5.74, 6) is -0.387. The molecule has 16 heavy (non-hydrogen) atoms. The van der Waals surface area contributed by atoms with Gasteiger partial charge >= 0.3 is 0 Å². The van der Waals surface area contributed by atoms with Crippen LogP contribution in [0, 0.1) is 11.7 Å². The number of ketones is 1. The third-order valence-electron chi connectivity index (χ3n) is 2.53. The largest absolute Gasteiger partial charge is 0.330 e. The average Bonchev–Trinajstić information content (AvgIpc) is 2.17. The summed E-state index contributed by atoms with van der Waals surface area (Å²) in [7, 11) is 0. The van der Waals surface area contributed by atoms with Gasteiger partial charge in [-0.05, 0) is 30.2 Å². The van der Waals surface area contributed by atoms with Gasteiger partial charge in [-0.25, -0.2) is 4.39 Å². The highest BCUT2D eigenvalue weighted by atomic mass is 79.9. The van der Waals surface area contributed by atoms with Crippen molar-refractivity contribution < 1.29 is 9.18 Å². The molecule has 1 unspecified atom stereocenters. The second-order valence-corrected chi connectivity index (χ2v) is 4.68. The minimum atomic E-state index is -0.335. The monoisotopic (exact) mass is 287 g/mol. The highest BCUT2D eigenvalue weighted by molar-refractivity contribution is 9.10. The van der Waals surface area contributed by atoms with Crippen LogP contribution in [0.4, 0.5) is 4.39 Å². The van der Waals surface area contributed by atoms with E-state index in [0.29, 0.717) is 16.6 Å². The standard InChI is InChI=1S/C12H15BrFNO/c1-2-9(7-15)12(16)5-8-3-10(13)6-11(14)4-8/h3-4,6,9H,2,5,7,15H2,1H3. The first-order chi connectivity index (χ1) is 7.56. The predicted octanol–water partition coefficient (Wildman–Crippen LogP) is 2.68. The molecule has 0 aliphatic heterocycles. The molecule has 0 saturated carbocycles. The first-order valence-electron chi connectivity index (χ1n) is 5.24. The summed E-state index contributed by atoms with van der Waals surface area (Å²) in [5, 5.41) is 0. The minimum absolute atomic E-state index is 0.0718. The summed E-state index contributed by atoms with van der Waals surface area (Å²) < 4.78 is 13.7. The molecule has 0 fully saturated rings.